The van der Waals surface area contributed by atoms with Crippen molar-refractivity contribution in [3.8, 4) is 0 Å². The molecule has 1 heterocycles. The molecule has 1 aromatic carbocycles. The number of morpholine rings is 1. The molecular formula is C17H27F2IN4O. The van der Waals surface area contributed by atoms with Crippen molar-refractivity contribution in [2.24, 2.45) is 4.99 Å². The molecular weight excluding hydrogens is 441 g/mol. The maximum atomic E-state index is 13.8. The van der Waals surface area contributed by atoms with E-state index in [4.69, 9.17) is 4.74 Å². The molecule has 0 bridgehead atoms. The van der Waals surface area contributed by atoms with E-state index < -0.39 is 11.6 Å². The van der Waals surface area contributed by atoms with Crippen LogP contribution in [0.4, 0.5) is 8.78 Å². The van der Waals surface area contributed by atoms with Gasteiger partial charge in [-0.2, -0.15) is 0 Å². The highest BCUT2D eigenvalue weighted by Crippen LogP contribution is 2.19. The van der Waals surface area contributed by atoms with Gasteiger partial charge in [0.15, 0.2) is 5.96 Å². The number of hydrogen-bond acceptors (Lipinski definition) is 3. The van der Waals surface area contributed by atoms with Gasteiger partial charge in [0.05, 0.1) is 13.2 Å². The van der Waals surface area contributed by atoms with E-state index in [0.717, 1.165) is 45.5 Å². The van der Waals surface area contributed by atoms with Crippen LogP contribution >= 0.6 is 24.0 Å². The van der Waals surface area contributed by atoms with Gasteiger partial charge in [-0.3, -0.25) is 9.89 Å². The molecule has 1 aliphatic heterocycles. The van der Waals surface area contributed by atoms with Gasteiger partial charge < -0.3 is 15.4 Å². The molecule has 0 aromatic heterocycles. The molecule has 25 heavy (non-hydrogen) atoms. The van der Waals surface area contributed by atoms with Gasteiger partial charge in [0, 0.05) is 51.8 Å². The third-order valence-corrected chi connectivity index (χ3v) is 4.12. The predicted molar refractivity (Wildman–Crippen MR) is 107 cm³/mol. The minimum atomic E-state index is -0.558. The van der Waals surface area contributed by atoms with Crippen molar-refractivity contribution in [1.82, 2.24) is 15.5 Å². The Morgan fingerprint density at radius 3 is 2.64 bits per heavy atom. The Bertz CT molecular complexity index is 553. The molecule has 1 aromatic rings. The largest absolute Gasteiger partial charge is 0.379 e. The zero-order chi connectivity index (χ0) is 17.4. The number of guanidine groups is 1. The highest BCUT2D eigenvalue weighted by Gasteiger charge is 2.13. The molecule has 0 aliphatic carbocycles. The van der Waals surface area contributed by atoms with E-state index >= 15 is 0 Å². The lowest BCUT2D eigenvalue weighted by molar-refractivity contribution is 0.0389. The van der Waals surface area contributed by atoms with Crippen LogP contribution in [-0.2, 0) is 4.74 Å². The van der Waals surface area contributed by atoms with Crippen LogP contribution in [0, 0.1) is 11.6 Å². The van der Waals surface area contributed by atoms with Crippen LogP contribution in [-0.4, -0.2) is 63.8 Å². The second-order valence-corrected chi connectivity index (χ2v) is 5.90. The van der Waals surface area contributed by atoms with Gasteiger partial charge in [-0.05, 0) is 11.6 Å². The standard InChI is InChI=1S/C17H26F2N4O.HI/c1-13(15-4-3-14(18)11-16(15)19)12-22-17(20-2)21-5-6-23-7-9-24-10-8-23;/h3-4,11,13H,5-10,12H2,1-2H3,(H2,20,21,22);1H. The van der Waals surface area contributed by atoms with Gasteiger partial charge in [-0.1, -0.05) is 13.0 Å². The first kappa shape index (κ1) is 22.0. The number of aliphatic imine (C=N–C) groups is 1. The first-order valence-electron chi connectivity index (χ1n) is 8.29. The predicted octanol–water partition coefficient (Wildman–Crippen LogP) is 2.18. The van der Waals surface area contributed by atoms with Gasteiger partial charge in [-0.25, -0.2) is 8.78 Å². The average molecular weight is 468 g/mol. The average Bonchev–Trinajstić information content (AvgIpc) is 2.58. The summed E-state index contributed by atoms with van der Waals surface area (Å²) >= 11 is 0. The van der Waals surface area contributed by atoms with Crippen LogP contribution in [0.15, 0.2) is 23.2 Å². The molecule has 142 valence electrons. The topological polar surface area (TPSA) is 48.9 Å². The number of benzene rings is 1. The Kier molecular flexibility index (Phi) is 10.2. The molecule has 0 spiro atoms. The SMILES string of the molecule is CN=C(NCCN1CCOCC1)NCC(C)c1ccc(F)cc1F.I. The van der Waals surface area contributed by atoms with Gasteiger partial charge in [0.1, 0.15) is 11.6 Å². The third kappa shape index (κ3) is 7.41. The van der Waals surface area contributed by atoms with Crippen molar-refractivity contribution in [3.05, 3.63) is 35.4 Å². The normalized spacial score (nSPS) is 16.9. The van der Waals surface area contributed by atoms with Crippen molar-refractivity contribution >= 4 is 29.9 Å². The summed E-state index contributed by atoms with van der Waals surface area (Å²) in [6.45, 7) is 7.58. The Labute approximate surface area is 165 Å². The zero-order valence-electron chi connectivity index (χ0n) is 14.7. The van der Waals surface area contributed by atoms with Crippen LogP contribution in [0.3, 0.4) is 0 Å². The van der Waals surface area contributed by atoms with E-state index in [-0.39, 0.29) is 29.9 Å². The summed E-state index contributed by atoms with van der Waals surface area (Å²) in [5.74, 6) is -0.488. The van der Waals surface area contributed by atoms with Crippen LogP contribution in [0.5, 0.6) is 0 Å². The van der Waals surface area contributed by atoms with Crippen LogP contribution in [0.2, 0.25) is 0 Å². The van der Waals surface area contributed by atoms with Gasteiger partial charge in [-0.15, -0.1) is 24.0 Å². The van der Waals surface area contributed by atoms with E-state index in [1.165, 1.54) is 12.1 Å². The molecule has 1 fully saturated rings. The van der Waals surface area contributed by atoms with Crippen LogP contribution in [0.25, 0.3) is 0 Å². The van der Waals surface area contributed by atoms with Crippen molar-refractivity contribution < 1.29 is 13.5 Å². The lowest BCUT2D eigenvalue weighted by Gasteiger charge is -2.26. The summed E-state index contributed by atoms with van der Waals surface area (Å²) in [4.78, 5) is 6.50. The molecule has 1 saturated heterocycles. The minimum Gasteiger partial charge on any atom is -0.379 e. The fraction of sp³-hybridized carbons (Fsp3) is 0.588. The molecule has 8 heteroatoms. The second kappa shape index (κ2) is 11.6. The maximum Gasteiger partial charge on any atom is 0.191 e. The van der Waals surface area contributed by atoms with Crippen LogP contribution < -0.4 is 10.6 Å². The second-order valence-electron chi connectivity index (χ2n) is 5.90. The summed E-state index contributed by atoms with van der Waals surface area (Å²) in [7, 11) is 1.70. The Morgan fingerprint density at radius 2 is 2.00 bits per heavy atom. The molecule has 0 saturated carbocycles. The van der Waals surface area contributed by atoms with Crippen molar-refractivity contribution in [1.29, 1.82) is 0 Å². The summed E-state index contributed by atoms with van der Waals surface area (Å²) in [6, 6.07) is 3.69. The number of hydrogen-bond donors (Lipinski definition) is 2. The van der Waals surface area contributed by atoms with Crippen LogP contribution in [0.1, 0.15) is 18.4 Å². The molecule has 0 amide bonds. The Balaban J connectivity index is 0.00000312. The first-order valence-corrected chi connectivity index (χ1v) is 8.29. The molecule has 1 atom stereocenters. The highest BCUT2D eigenvalue weighted by atomic mass is 127. The van der Waals surface area contributed by atoms with Crippen molar-refractivity contribution in [2.75, 3.05) is 53.0 Å². The van der Waals surface area contributed by atoms with E-state index in [0.29, 0.717) is 18.1 Å². The Hall–Kier alpha value is -1.00. The summed E-state index contributed by atoms with van der Waals surface area (Å²) < 4.78 is 32.1. The zero-order valence-corrected chi connectivity index (χ0v) is 17.1. The van der Waals surface area contributed by atoms with E-state index in [9.17, 15) is 8.78 Å². The molecule has 0 radical (unpaired) electrons. The van der Waals surface area contributed by atoms with E-state index in [1.54, 1.807) is 7.05 Å². The number of rotatable bonds is 6. The number of nitrogens with zero attached hydrogens (tertiary/aromatic N) is 2. The van der Waals surface area contributed by atoms with Gasteiger partial charge in [0.25, 0.3) is 0 Å². The third-order valence-electron chi connectivity index (χ3n) is 4.12. The molecule has 1 unspecified atom stereocenters. The van der Waals surface area contributed by atoms with E-state index in [2.05, 4.69) is 20.5 Å². The fourth-order valence-electron chi connectivity index (χ4n) is 2.64. The van der Waals surface area contributed by atoms with Crippen molar-refractivity contribution in [3.63, 3.8) is 0 Å². The first-order chi connectivity index (χ1) is 11.6. The fourth-order valence-corrected chi connectivity index (χ4v) is 2.64. The molecule has 5 nitrogen and oxygen atoms in total. The number of nitrogens with one attached hydrogen (secondary N) is 2. The lowest BCUT2D eigenvalue weighted by atomic mass is 10.0. The minimum absolute atomic E-state index is 0. The molecule has 2 rings (SSSR count). The lowest BCUT2D eigenvalue weighted by Crippen LogP contribution is -2.45. The monoisotopic (exact) mass is 468 g/mol. The van der Waals surface area contributed by atoms with Gasteiger partial charge in [0.2, 0.25) is 0 Å². The smallest absolute Gasteiger partial charge is 0.191 e. The summed E-state index contributed by atoms with van der Waals surface area (Å²) in [5.41, 5.74) is 0.493. The van der Waals surface area contributed by atoms with E-state index in [1.807, 2.05) is 6.92 Å². The van der Waals surface area contributed by atoms with Crippen molar-refractivity contribution in [2.45, 2.75) is 12.8 Å². The number of halogens is 3. The molecule has 2 N–H and O–H groups in total. The maximum absolute atomic E-state index is 13.8. The quantitative estimate of drug-likeness (QED) is 0.382. The number of ether oxygens (including phenoxy) is 1. The summed E-state index contributed by atoms with van der Waals surface area (Å²) in [5, 5.41) is 6.43. The highest BCUT2D eigenvalue weighted by molar-refractivity contribution is 14.0. The van der Waals surface area contributed by atoms with Gasteiger partial charge >= 0.3 is 0 Å². The Morgan fingerprint density at radius 1 is 1.28 bits per heavy atom. The summed E-state index contributed by atoms with van der Waals surface area (Å²) in [6.07, 6.45) is 0. The molecule has 1 aliphatic rings.